The number of allylic oxidation sites excluding steroid dienone is 3. The van der Waals surface area contributed by atoms with E-state index in [0.29, 0.717) is 0 Å². The minimum absolute atomic E-state index is 1.31. The SMILES string of the molecule is C=C/C=C/[C](C)C. The maximum Gasteiger partial charge on any atom is -0.00860 e. The molecule has 7 heavy (non-hydrogen) atoms. The summed E-state index contributed by atoms with van der Waals surface area (Å²) in [6.45, 7) is 7.64. The van der Waals surface area contributed by atoms with Crippen LogP contribution in [0.3, 0.4) is 0 Å². The normalized spacial score (nSPS) is 10.7. The van der Waals surface area contributed by atoms with Gasteiger partial charge in [0.15, 0.2) is 0 Å². The molecule has 0 rings (SSSR count). The average Bonchev–Trinajstić information content (AvgIpc) is 1.61. The highest BCUT2D eigenvalue weighted by Crippen LogP contribution is 1.94. The Morgan fingerprint density at radius 3 is 2.14 bits per heavy atom. The van der Waals surface area contributed by atoms with Gasteiger partial charge in [0.1, 0.15) is 0 Å². The van der Waals surface area contributed by atoms with Crippen molar-refractivity contribution in [2.24, 2.45) is 0 Å². The topological polar surface area (TPSA) is 0 Å². The van der Waals surface area contributed by atoms with E-state index in [0.717, 1.165) is 0 Å². The summed E-state index contributed by atoms with van der Waals surface area (Å²) >= 11 is 0. The standard InChI is InChI=1S/C7H11/c1-4-5-6-7(2)3/h4-6H,1H2,2-3H3/b6-5+. The smallest absolute Gasteiger partial charge is 0.00860 e. The minimum Gasteiger partial charge on any atom is -0.0991 e. The largest absolute Gasteiger partial charge is 0.0991 e. The van der Waals surface area contributed by atoms with Crippen molar-refractivity contribution in [3.05, 3.63) is 30.7 Å². The van der Waals surface area contributed by atoms with Crippen LogP contribution in [0.5, 0.6) is 0 Å². The van der Waals surface area contributed by atoms with Crippen LogP contribution in [0.1, 0.15) is 13.8 Å². The number of rotatable bonds is 2. The maximum absolute atomic E-state index is 3.53. The van der Waals surface area contributed by atoms with Crippen molar-refractivity contribution < 1.29 is 0 Å². The Morgan fingerprint density at radius 2 is 2.00 bits per heavy atom. The first-order valence-electron chi connectivity index (χ1n) is 2.36. The quantitative estimate of drug-likeness (QED) is 0.462. The molecule has 0 saturated heterocycles. The van der Waals surface area contributed by atoms with Crippen molar-refractivity contribution >= 4 is 0 Å². The summed E-state index contributed by atoms with van der Waals surface area (Å²) in [7, 11) is 0. The molecule has 0 fully saturated rings. The van der Waals surface area contributed by atoms with Gasteiger partial charge >= 0.3 is 0 Å². The van der Waals surface area contributed by atoms with Gasteiger partial charge in [-0.1, -0.05) is 38.7 Å². The number of hydrogen-bond donors (Lipinski definition) is 0. The maximum atomic E-state index is 3.53. The third kappa shape index (κ3) is 5.48. The highest BCUT2D eigenvalue weighted by atomic mass is 13.8. The van der Waals surface area contributed by atoms with Gasteiger partial charge in [0, 0.05) is 0 Å². The Hall–Kier alpha value is -0.520. The van der Waals surface area contributed by atoms with Gasteiger partial charge in [-0.05, 0) is 5.92 Å². The van der Waals surface area contributed by atoms with Crippen molar-refractivity contribution in [1.82, 2.24) is 0 Å². The molecular formula is C7H11. The van der Waals surface area contributed by atoms with Crippen LogP contribution < -0.4 is 0 Å². The lowest BCUT2D eigenvalue weighted by Crippen LogP contribution is -1.70. The van der Waals surface area contributed by atoms with Crippen LogP contribution in [0.25, 0.3) is 0 Å². The molecule has 0 unspecified atom stereocenters. The Balaban J connectivity index is 3.25. The molecule has 0 bridgehead atoms. The van der Waals surface area contributed by atoms with E-state index in [4.69, 9.17) is 0 Å². The molecule has 0 aromatic heterocycles. The summed E-state index contributed by atoms with van der Waals surface area (Å²) in [6.07, 6.45) is 5.72. The average molecular weight is 95.2 g/mol. The van der Waals surface area contributed by atoms with Crippen LogP contribution >= 0.6 is 0 Å². The van der Waals surface area contributed by atoms with Gasteiger partial charge in [-0.25, -0.2) is 0 Å². The zero-order chi connectivity index (χ0) is 5.70. The fourth-order valence-corrected chi connectivity index (χ4v) is 0.260. The Kier molecular flexibility index (Phi) is 3.39. The molecule has 0 atom stereocenters. The van der Waals surface area contributed by atoms with Gasteiger partial charge < -0.3 is 0 Å². The third-order valence-corrected chi connectivity index (χ3v) is 0.566. The first-order chi connectivity index (χ1) is 3.27. The van der Waals surface area contributed by atoms with Gasteiger partial charge in [-0.2, -0.15) is 0 Å². The van der Waals surface area contributed by atoms with Crippen LogP contribution in [0, 0.1) is 5.92 Å². The van der Waals surface area contributed by atoms with E-state index in [-0.39, 0.29) is 0 Å². The zero-order valence-corrected chi connectivity index (χ0v) is 4.94. The van der Waals surface area contributed by atoms with Gasteiger partial charge in [0.2, 0.25) is 0 Å². The molecule has 1 radical (unpaired) electrons. The van der Waals surface area contributed by atoms with E-state index < -0.39 is 0 Å². The lowest BCUT2D eigenvalue weighted by molar-refractivity contribution is 1.21. The second-order valence-electron chi connectivity index (χ2n) is 1.67. The summed E-state index contributed by atoms with van der Waals surface area (Å²) < 4.78 is 0. The first kappa shape index (κ1) is 6.48. The highest BCUT2D eigenvalue weighted by Gasteiger charge is 1.78. The number of hydrogen-bond acceptors (Lipinski definition) is 0. The summed E-state index contributed by atoms with van der Waals surface area (Å²) in [6, 6.07) is 0. The molecule has 0 aliphatic carbocycles. The van der Waals surface area contributed by atoms with Gasteiger partial charge in [-0.15, -0.1) is 0 Å². The van der Waals surface area contributed by atoms with E-state index in [1.54, 1.807) is 6.08 Å². The van der Waals surface area contributed by atoms with Crippen LogP contribution in [0.15, 0.2) is 24.8 Å². The van der Waals surface area contributed by atoms with Crippen LogP contribution in [0.2, 0.25) is 0 Å². The molecule has 0 N–H and O–H groups in total. The highest BCUT2D eigenvalue weighted by molar-refractivity contribution is 5.09. The van der Waals surface area contributed by atoms with Crippen LogP contribution in [0.4, 0.5) is 0 Å². The lowest BCUT2D eigenvalue weighted by Gasteiger charge is -1.86. The van der Waals surface area contributed by atoms with E-state index in [9.17, 15) is 0 Å². The monoisotopic (exact) mass is 95.1 g/mol. The van der Waals surface area contributed by atoms with E-state index in [2.05, 4.69) is 20.4 Å². The van der Waals surface area contributed by atoms with Crippen molar-refractivity contribution in [3.63, 3.8) is 0 Å². The predicted molar refractivity (Wildman–Crippen MR) is 33.9 cm³/mol. The van der Waals surface area contributed by atoms with Crippen molar-refractivity contribution in [2.75, 3.05) is 0 Å². The van der Waals surface area contributed by atoms with Gasteiger partial charge in [0.25, 0.3) is 0 Å². The zero-order valence-electron chi connectivity index (χ0n) is 4.94. The molecule has 0 aromatic rings. The van der Waals surface area contributed by atoms with E-state index >= 15 is 0 Å². The second kappa shape index (κ2) is 3.66. The molecule has 0 heteroatoms. The summed E-state index contributed by atoms with van der Waals surface area (Å²) in [5, 5.41) is 0. The molecule has 0 aliphatic rings. The molecule has 0 aromatic carbocycles. The van der Waals surface area contributed by atoms with Crippen LogP contribution in [-0.4, -0.2) is 0 Å². The fourth-order valence-electron chi connectivity index (χ4n) is 0.260. The molecule has 39 valence electrons. The van der Waals surface area contributed by atoms with Gasteiger partial charge in [0.05, 0.1) is 0 Å². The second-order valence-corrected chi connectivity index (χ2v) is 1.67. The van der Waals surface area contributed by atoms with E-state index in [1.165, 1.54) is 5.92 Å². The molecule has 0 saturated carbocycles. The third-order valence-electron chi connectivity index (χ3n) is 0.566. The Bertz CT molecular complexity index is 68.1. The molecular weight excluding hydrogens is 84.1 g/mol. The lowest BCUT2D eigenvalue weighted by atomic mass is 10.2. The first-order valence-corrected chi connectivity index (χ1v) is 2.36. The summed E-state index contributed by atoms with van der Waals surface area (Å²) in [4.78, 5) is 0. The molecule has 0 aliphatic heterocycles. The summed E-state index contributed by atoms with van der Waals surface area (Å²) in [5.74, 6) is 1.31. The molecule has 0 heterocycles. The van der Waals surface area contributed by atoms with Crippen LogP contribution in [-0.2, 0) is 0 Å². The van der Waals surface area contributed by atoms with Crippen molar-refractivity contribution in [3.8, 4) is 0 Å². The minimum atomic E-state index is 1.31. The fraction of sp³-hybridized carbons (Fsp3) is 0.286. The van der Waals surface area contributed by atoms with Crippen molar-refractivity contribution in [1.29, 1.82) is 0 Å². The van der Waals surface area contributed by atoms with Crippen molar-refractivity contribution in [2.45, 2.75) is 13.8 Å². The summed E-state index contributed by atoms with van der Waals surface area (Å²) in [5.41, 5.74) is 0. The molecule has 0 spiro atoms. The Labute approximate surface area is 45.5 Å². The van der Waals surface area contributed by atoms with Gasteiger partial charge in [-0.3, -0.25) is 0 Å². The predicted octanol–water partition coefficient (Wildman–Crippen LogP) is 2.34. The molecule has 0 nitrogen and oxygen atoms in total. The Morgan fingerprint density at radius 1 is 1.43 bits per heavy atom. The van der Waals surface area contributed by atoms with E-state index in [1.807, 2.05) is 12.2 Å². The molecule has 0 amide bonds.